The van der Waals surface area contributed by atoms with E-state index >= 15 is 0 Å². The normalized spacial score (nSPS) is 22.8. The van der Waals surface area contributed by atoms with Crippen LogP contribution in [-0.2, 0) is 9.53 Å². The maximum atomic E-state index is 11.5. The van der Waals surface area contributed by atoms with E-state index < -0.39 is 0 Å². The Morgan fingerprint density at radius 3 is 2.57 bits per heavy atom. The summed E-state index contributed by atoms with van der Waals surface area (Å²) < 4.78 is 5.55. The van der Waals surface area contributed by atoms with Gasteiger partial charge < -0.3 is 10.1 Å². The molecule has 0 saturated carbocycles. The van der Waals surface area contributed by atoms with Gasteiger partial charge in [-0.15, -0.1) is 0 Å². The SMILES string of the molecule is CCC1(OC(=O)C(C)I)CCNCC1. The molecule has 0 bridgehead atoms. The van der Waals surface area contributed by atoms with E-state index in [4.69, 9.17) is 4.74 Å². The average molecular weight is 311 g/mol. The largest absolute Gasteiger partial charge is 0.458 e. The van der Waals surface area contributed by atoms with Crippen LogP contribution in [0.5, 0.6) is 0 Å². The monoisotopic (exact) mass is 311 g/mol. The van der Waals surface area contributed by atoms with Crippen molar-refractivity contribution in [1.82, 2.24) is 5.32 Å². The molecule has 0 radical (unpaired) electrons. The summed E-state index contributed by atoms with van der Waals surface area (Å²) in [6.45, 7) is 5.87. The molecule has 1 rings (SSSR count). The van der Waals surface area contributed by atoms with Crippen LogP contribution in [0.15, 0.2) is 0 Å². The number of rotatable bonds is 3. The number of carbonyl (C=O) groups excluding carboxylic acids is 1. The van der Waals surface area contributed by atoms with Gasteiger partial charge in [0.05, 0.1) is 0 Å². The number of alkyl halides is 1. The summed E-state index contributed by atoms with van der Waals surface area (Å²) in [5, 5.41) is 3.28. The minimum Gasteiger partial charge on any atom is -0.458 e. The molecule has 82 valence electrons. The van der Waals surface area contributed by atoms with E-state index in [1.54, 1.807) is 0 Å². The lowest BCUT2D eigenvalue weighted by Crippen LogP contribution is -2.45. The molecule has 3 nitrogen and oxygen atoms in total. The Kier molecular flexibility index (Phi) is 4.63. The standard InChI is InChI=1S/C10H18INO2/c1-3-10(4-6-12-7-5-10)14-9(13)8(2)11/h8,12H,3-7H2,1-2H3. The predicted octanol–water partition coefficient (Wildman–Crippen LogP) is 1.89. The summed E-state index contributed by atoms with van der Waals surface area (Å²) in [5.41, 5.74) is -0.193. The number of halogens is 1. The van der Waals surface area contributed by atoms with Crippen molar-refractivity contribution in [3.63, 3.8) is 0 Å². The molecule has 1 unspecified atom stereocenters. The van der Waals surface area contributed by atoms with Crippen molar-refractivity contribution in [3.05, 3.63) is 0 Å². The van der Waals surface area contributed by atoms with E-state index in [1.165, 1.54) is 0 Å². The van der Waals surface area contributed by atoms with Gasteiger partial charge >= 0.3 is 5.97 Å². The van der Waals surface area contributed by atoms with Crippen molar-refractivity contribution in [3.8, 4) is 0 Å². The van der Waals surface area contributed by atoms with Crippen molar-refractivity contribution in [1.29, 1.82) is 0 Å². The van der Waals surface area contributed by atoms with E-state index in [2.05, 4.69) is 34.8 Å². The van der Waals surface area contributed by atoms with Gasteiger partial charge in [0.25, 0.3) is 0 Å². The van der Waals surface area contributed by atoms with E-state index in [1.807, 2.05) is 6.92 Å². The minimum absolute atomic E-state index is 0.0501. The van der Waals surface area contributed by atoms with Gasteiger partial charge in [0.15, 0.2) is 0 Å². The smallest absolute Gasteiger partial charge is 0.319 e. The first-order valence-electron chi connectivity index (χ1n) is 5.17. The number of esters is 1. The Bertz CT molecular complexity index is 200. The first-order valence-corrected chi connectivity index (χ1v) is 6.42. The zero-order chi connectivity index (χ0) is 10.6. The summed E-state index contributed by atoms with van der Waals surface area (Å²) in [7, 11) is 0. The number of carbonyl (C=O) groups is 1. The molecule has 0 spiro atoms. The summed E-state index contributed by atoms with van der Waals surface area (Å²) in [6, 6.07) is 0. The number of ether oxygens (including phenoxy) is 1. The molecule has 14 heavy (non-hydrogen) atoms. The highest BCUT2D eigenvalue weighted by molar-refractivity contribution is 14.1. The summed E-state index contributed by atoms with van der Waals surface area (Å²) >= 11 is 2.10. The molecule has 0 aromatic rings. The Labute approximate surface area is 99.1 Å². The van der Waals surface area contributed by atoms with Crippen LogP contribution in [0.4, 0.5) is 0 Å². The fourth-order valence-electron chi connectivity index (χ4n) is 1.70. The van der Waals surface area contributed by atoms with Crippen LogP contribution in [0.1, 0.15) is 33.1 Å². The molecule has 0 amide bonds. The molecular weight excluding hydrogens is 293 g/mol. The van der Waals surface area contributed by atoms with Gasteiger partial charge in [0.2, 0.25) is 0 Å². The second-order valence-corrected chi connectivity index (χ2v) is 5.69. The number of piperidine rings is 1. The van der Waals surface area contributed by atoms with Crippen LogP contribution in [0, 0.1) is 0 Å². The van der Waals surface area contributed by atoms with Gasteiger partial charge in [-0.25, -0.2) is 0 Å². The summed E-state index contributed by atoms with van der Waals surface area (Å²) in [5.74, 6) is -0.0747. The highest BCUT2D eigenvalue weighted by Crippen LogP contribution is 2.27. The fraction of sp³-hybridized carbons (Fsp3) is 0.900. The third-order valence-electron chi connectivity index (χ3n) is 2.80. The predicted molar refractivity (Wildman–Crippen MR) is 64.7 cm³/mol. The van der Waals surface area contributed by atoms with Gasteiger partial charge in [-0.3, -0.25) is 4.79 Å². The van der Waals surface area contributed by atoms with Crippen molar-refractivity contribution in [2.75, 3.05) is 13.1 Å². The van der Waals surface area contributed by atoms with Crippen molar-refractivity contribution >= 4 is 28.6 Å². The van der Waals surface area contributed by atoms with Crippen molar-refractivity contribution in [2.45, 2.75) is 42.6 Å². The zero-order valence-corrected chi connectivity index (χ0v) is 11.0. The van der Waals surface area contributed by atoms with Crippen LogP contribution in [-0.4, -0.2) is 28.6 Å². The van der Waals surface area contributed by atoms with Gasteiger partial charge in [-0.1, -0.05) is 29.5 Å². The van der Waals surface area contributed by atoms with E-state index in [-0.39, 0.29) is 15.5 Å². The Hall–Kier alpha value is 0.160. The molecule has 1 aliphatic heterocycles. The second kappa shape index (κ2) is 5.30. The second-order valence-electron chi connectivity index (χ2n) is 3.82. The maximum absolute atomic E-state index is 11.5. The lowest BCUT2D eigenvalue weighted by Gasteiger charge is -2.36. The quantitative estimate of drug-likeness (QED) is 0.491. The number of hydrogen-bond acceptors (Lipinski definition) is 3. The number of nitrogens with one attached hydrogen (secondary N) is 1. The minimum atomic E-state index is -0.193. The molecule has 1 aliphatic rings. The third-order valence-corrected chi connectivity index (χ3v) is 3.31. The van der Waals surface area contributed by atoms with Gasteiger partial charge in [0, 0.05) is 0 Å². The topological polar surface area (TPSA) is 38.3 Å². The van der Waals surface area contributed by atoms with Crippen LogP contribution in [0.25, 0.3) is 0 Å². The Balaban J connectivity index is 2.56. The maximum Gasteiger partial charge on any atom is 0.319 e. The van der Waals surface area contributed by atoms with Crippen LogP contribution in [0.2, 0.25) is 0 Å². The Morgan fingerprint density at radius 1 is 1.57 bits per heavy atom. The van der Waals surface area contributed by atoms with Gasteiger partial charge in [-0.05, 0) is 39.3 Å². The molecule has 1 heterocycles. The first kappa shape index (κ1) is 12.2. The molecule has 1 N–H and O–H groups in total. The Morgan fingerprint density at radius 2 is 2.14 bits per heavy atom. The van der Waals surface area contributed by atoms with Gasteiger partial charge in [0.1, 0.15) is 9.53 Å². The lowest BCUT2D eigenvalue weighted by molar-refractivity contribution is -0.161. The highest BCUT2D eigenvalue weighted by Gasteiger charge is 2.34. The molecule has 1 atom stereocenters. The molecule has 1 saturated heterocycles. The molecular formula is C10H18INO2. The van der Waals surface area contributed by atoms with Crippen LogP contribution >= 0.6 is 22.6 Å². The van der Waals surface area contributed by atoms with E-state index in [9.17, 15) is 4.79 Å². The molecule has 1 fully saturated rings. The fourth-order valence-corrected chi connectivity index (χ4v) is 1.83. The molecule has 0 aromatic carbocycles. The van der Waals surface area contributed by atoms with Crippen LogP contribution < -0.4 is 5.32 Å². The molecule has 4 heteroatoms. The van der Waals surface area contributed by atoms with E-state index in [0.717, 1.165) is 32.4 Å². The summed E-state index contributed by atoms with van der Waals surface area (Å²) in [6.07, 6.45) is 2.81. The van der Waals surface area contributed by atoms with E-state index in [0.29, 0.717) is 0 Å². The first-order chi connectivity index (χ1) is 6.59. The number of hydrogen-bond donors (Lipinski definition) is 1. The molecule has 0 aliphatic carbocycles. The summed E-state index contributed by atoms with van der Waals surface area (Å²) in [4.78, 5) is 11.5. The van der Waals surface area contributed by atoms with Crippen molar-refractivity contribution < 1.29 is 9.53 Å². The van der Waals surface area contributed by atoms with Gasteiger partial charge in [-0.2, -0.15) is 0 Å². The average Bonchev–Trinajstić information content (AvgIpc) is 2.19. The highest BCUT2D eigenvalue weighted by atomic mass is 127. The van der Waals surface area contributed by atoms with Crippen molar-refractivity contribution in [2.24, 2.45) is 0 Å². The zero-order valence-electron chi connectivity index (χ0n) is 8.81. The van der Waals surface area contributed by atoms with Crippen LogP contribution in [0.3, 0.4) is 0 Å². The lowest BCUT2D eigenvalue weighted by atomic mass is 9.89. The molecule has 0 aromatic heterocycles. The third kappa shape index (κ3) is 3.08.